The summed E-state index contributed by atoms with van der Waals surface area (Å²) in [6, 6.07) is 0.468. The molecule has 0 aromatic heterocycles. The zero-order valence-electron chi connectivity index (χ0n) is 8.16. The first-order valence-electron chi connectivity index (χ1n) is 5.44. The first-order valence-corrected chi connectivity index (χ1v) is 5.44. The first kappa shape index (κ1) is 8.48. The maximum atomic E-state index is 12.1. The molecule has 0 spiro atoms. The minimum atomic E-state index is 0.267. The van der Waals surface area contributed by atoms with Crippen LogP contribution in [0.15, 0.2) is 11.8 Å². The zero-order chi connectivity index (χ0) is 9.54. The van der Waals surface area contributed by atoms with Crippen molar-refractivity contribution in [1.82, 2.24) is 5.32 Å². The Morgan fingerprint density at radius 1 is 1.57 bits per heavy atom. The standard InChI is InChI=1S/C11H15NO2/c13-11(7-2-1-3-14-6-7)10-8-4-9(10)12-5-8/h6,8-10,12H,1-5H2. The number of hydrogen-bond donors (Lipinski definition) is 1. The normalized spacial score (nSPS) is 39.7. The zero-order valence-corrected chi connectivity index (χ0v) is 8.16. The van der Waals surface area contributed by atoms with Gasteiger partial charge in [-0.15, -0.1) is 0 Å². The fourth-order valence-electron chi connectivity index (χ4n) is 2.83. The smallest absolute Gasteiger partial charge is 0.166 e. The van der Waals surface area contributed by atoms with Gasteiger partial charge in [-0.05, 0) is 31.7 Å². The third-order valence-electron chi connectivity index (χ3n) is 3.69. The van der Waals surface area contributed by atoms with E-state index in [2.05, 4.69) is 5.32 Å². The number of fused-ring (bicyclic) bond motifs is 1. The van der Waals surface area contributed by atoms with Gasteiger partial charge in [-0.1, -0.05) is 0 Å². The number of allylic oxidation sites excluding steroid dienone is 1. The number of rotatable bonds is 2. The van der Waals surface area contributed by atoms with Gasteiger partial charge >= 0.3 is 0 Å². The molecule has 3 heteroatoms. The van der Waals surface area contributed by atoms with Gasteiger partial charge in [0, 0.05) is 17.5 Å². The molecule has 1 saturated carbocycles. The average molecular weight is 193 g/mol. The number of hydrogen-bond acceptors (Lipinski definition) is 3. The summed E-state index contributed by atoms with van der Waals surface area (Å²) in [6.45, 7) is 1.81. The first-order chi connectivity index (χ1) is 6.86. The summed E-state index contributed by atoms with van der Waals surface area (Å²) >= 11 is 0. The van der Waals surface area contributed by atoms with Crippen LogP contribution in [0, 0.1) is 11.8 Å². The van der Waals surface area contributed by atoms with Crippen LogP contribution in [-0.4, -0.2) is 25.0 Å². The summed E-state index contributed by atoms with van der Waals surface area (Å²) < 4.78 is 5.21. The maximum Gasteiger partial charge on any atom is 0.166 e. The second kappa shape index (κ2) is 3.09. The summed E-state index contributed by atoms with van der Waals surface area (Å²) in [5, 5.41) is 3.37. The number of carbonyl (C=O) groups excluding carboxylic acids is 1. The minimum Gasteiger partial charge on any atom is -0.501 e. The molecule has 14 heavy (non-hydrogen) atoms. The van der Waals surface area contributed by atoms with Crippen molar-refractivity contribution in [3.05, 3.63) is 11.8 Å². The number of carbonyl (C=O) groups is 1. The van der Waals surface area contributed by atoms with Crippen LogP contribution in [0.25, 0.3) is 0 Å². The van der Waals surface area contributed by atoms with Gasteiger partial charge in [0.15, 0.2) is 5.78 Å². The van der Waals surface area contributed by atoms with E-state index in [1.54, 1.807) is 6.26 Å². The van der Waals surface area contributed by atoms with Crippen LogP contribution in [0.2, 0.25) is 0 Å². The Balaban J connectivity index is 1.73. The average Bonchev–Trinajstić information content (AvgIpc) is 2.81. The molecule has 3 nitrogen and oxygen atoms in total. The molecule has 76 valence electrons. The molecular weight excluding hydrogens is 178 g/mol. The Morgan fingerprint density at radius 3 is 3.07 bits per heavy atom. The van der Waals surface area contributed by atoms with Gasteiger partial charge in [-0.25, -0.2) is 0 Å². The van der Waals surface area contributed by atoms with E-state index in [0.717, 1.165) is 31.6 Å². The third-order valence-corrected chi connectivity index (χ3v) is 3.69. The van der Waals surface area contributed by atoms with Crippen LogP contribution in [0.5, 0.6) is 0 Å². The fraction of sp³-hybridized carbons (Fsp3) is 0.727. The highest BCUT2D eigenvalue weighted by Gasteiger charge is 2.50. The van der Waals surface area contributed by atoms with Crippen LogP contribution in [0.1, 0.15) is 19.3 Å². The number of ketones is 1. The molecule has 0 aromatic carbocycles. The summed E-state index contributed by atoms with van der Waals surface area (Å²) in [5.41, 5.74) is 0.916. The largest absolute Gasteiger partial charge is 0.501 e. The van der Waals surface area contributed by atoms with Gasteiger partial charge < -0.3 is 10.1 Å². The lowest BCUT2D eigenvalue weighted by Gasteiger charge is -2.34. The molecular formula is C11H15NO2. The van der Waals surface area contributed by atoms with E-state index < -0.39 is 0 Å². The monoisotopic (exact) mass is 193 g/mol. The lowest BCUT2D eigenvalue weighted by Crippen LogP contribution is -2.43. The molecule has 1 N–H and O–H groups in total. The van der Waals surface area contributed by atoms with Gasteiger partial charge in [-0.3, -0.25) is 4.79 Å². The van der Waals surface area contributed by atoms with Crippen molar-refractivity contribution in [2.75, 3.05) is 13.2 Å². The third kappa shape index (κ3) is 1.12. The molecule has 3 aliphatic heterocycles. The summed E-state index contributed by atoms with van der Waals surface area (Å²) in [5.74, 6) is 1.22. The van der Waals surface area contributed by atoms with Gasteiger partial charge in [0.05, 0.1) is 12.9 Å². The van der Waals surface area contributed by atoms with Crippen LogP contribution in [0.3, 0.4) is 0 Å². The highest BCUT2D eigenvalue weighted by atomic mass is 16.5. The van der Waals surface area contributed by atoms with Crippen LogP contribution in [0.4, 0.5) is 0 Å². The molecule has 3 unspecified atom stereocenters. The van der Waals surface area contributed by atoms with E-state index >= 15 is 0 Å². The lowest BCUT2D eigenvalue weighted by molar-refractivity contribution is -0.123. The Hall–Kier alpha value is -0.830. The fourth-order valence-corrected chi connectivity index (χ4v) is 2.83. The predicted octanol–water partition coefficient (Wildman–Crippen LogP) is 0.858. The second-order valence-corrected chi connectivity index (χ2v) is 4.52. The van der Waals surface area contributed by atoms with Crippen molar-refractivity contribution in [3.8, 4) is 0 Å². The summed E-state index contributed by atoms with van der Waals surface area (Å²) in [6.07, 6.45) is 4.79. The van der Waals surface area contributed by atoms with Crippen molar-refractivity contribution >= 4 is 5.78 Å². The Bertz CT molecular complexity index is 284. The molecule has 0 amide bonds. The van der Waals surface area contributed by atoms with Crippen molar-refractivity contribution in [2.45, 2.75) is 25.3 Å². The number of nitrogens with one attached hydrogen (secondary N) is 1. The van der Waals surface area contributed by atoms with Gasteiger partial charge in [-0.2, -0.15) is 0 Å². The molecule has 3 atom stereocenters. The van der Waals surface area contributed by atoms with Crippen molar-refractivity contribution in [2.24, 2.45) is 11.8 Å². The number of Topliss-reactive ketones (excluding diaryl/α,β-unsaturated/α-hetero) is 1. The van der Waals surface area contributed by atoms with Crippen molar-refractivity contribution in [3.63, 3.8) is 0 Å². The molecule has 3 heterocycles. The van der Waals surface area contributed by atoms with Crippen LogP contribution < -0.4 is 5.32 Å². The quantitative estimate of drug-likeness (QED) is 0.706. The van der Waals surface area contributed by atoms with E-state index in [1.807, 2.05) is 0 Å². The molecule has 0 radical (unpaired) electrons. The van der Waals surface area contributed by atoms with Crippen molar-refractivity contribution < 1.29 is 9.53 Å². The maximum absolute atomic E-state index is 12.1. The Kier molecular flexibility index (Phi) is 1.87. The molecule has 4 rings (SSSR count). The Morgan fingerprint density at radius 2 is 2.50 bits per heavy atom. The Labute approximate surface area is 83.5 Å². The molecule has 0 aromatic rings. The summed E-state index contributed by atoms with van der Waals surface area (Å²) in [4.78, 5) is 12.1. The van der Waals surface area contributed by atoms with E-state index in [-0.39, 0.29) is 5.92 Å². The second-order valence-electron chi connectivity index (χ2n) is 4.52. The van der Waals surface area contributed by atoms with E-state index in [4.69, 9.17) is 4.74 Å². The van der Waals surface area contributed by atoms with Crippen LogP contribution >= 0.6 is 0 Å². The van der Waals surface area contributed by atoms with Crippen LogP contribution in [-0.2, 0) is 9.53 Å². The summed E-state index contributed by atoms with van der Waals surface area (Å²) in [7, 11) is 0. The molecule has 1 aliphatic carbocycles. The predicted molar refractivity (Wildman–Crippen MR) is 51.7 cm³/mol. The van der Waals surface area contributed by atoms with Gasteiger partial charge in [0.1, 0.15) is 0 Å². The topological polar surface area (TPSA) is 38.3 Å². The minimum absolute atomic E-state index is 0.267. The lowest BCUT2D eigenvalue weighted by atomic mass is 9.70. The van der Waals surface area contributed by atoms with E-state index in [0.29, 0.717) is 17.7 Å². The van der Waals surface area contributed by atoms with Gasteiger partial charge in [0.25, 0.3) is 0 Å². The highest BCUT2D eigenvalue weighted by molar-refractivity contribution is 5.98. The SMILES string of the molecule is O=C(C1=COCCC1)C1C2CNC1C2. The van der Waals surface area contributed by atoms with E-state index in [9.17, 15) is 4.79 Å². The van der Waals surface area contributed by atoms with Gasteiger partial charge in [0.2, 0.25) is 0 Å². The van der Waals surface area contributed by atoms with E-state index in [1.165, 1.54) is 6.42 Å². The highest BCUT2D eigenvalue weighted by Crippen LogP contribution is 2.42. The molecule has 2 saturated heterocycles. The number of ether oxygens (including phenoxy) is 1. The van der Waals surface area contributed by atoms with Crippen molar-refractivity contribution in [1.29, 1.82) is 0 Å². The molecule has 2 bridgehead atoms. The molecule has 4 aliphatic rings. The molecule has 3 fully saturated rings.